The summed E-state index contributed by atoms with van der Waals surface area (Å²) in [5, 5.41) is 6.52. The average Bonchev–Trinajstić information content (AvgIpc) is 2.57. The van der Waals surface area contributed by atoms with Crippen molar-refractivity contribution in [1.29, 1.82) is 0 Å². The van der Waals surface area contributed by atoms with Gasteiger partial charge in [0.15, 0.2) is 0 Å². The molecule has 4 heteroatoms. The first-order chi connectivity index (χ1) is 11.1. The van der Waals surface area contributed by atoms with Crippen LogP contribution in [0.15, 0.2) is 42.5 Å². The third kappa shape index (κ3) is 3.59. The molecular formula is C19H23N3O. The molecule has 0 saturated carbocycles. The van der Waals surface area contributed by atoms with Gasteiger partial charge in [-0.15, -0.1) is 0 Å². The Kier molecular flexibility index (Phi) is 4.72. The van der Waals surface area contributed by atoms with Crippen LogP contribution in [0.1, 0.15) is 29.4 Å². The van der Waals surface area contributed by atoms with E-state index in [-0.39, 0.29) is 11.9 Å². The first-order valence-electron chi connectivity index (χ1n) is 8.20. The second kappa shape index (κ2) is 6.92. The van der Waals surface area contributed by atoms with Gasteiger partial charge in [-0.25, -0.2) is 0 Å². The molecule has 4 nitrogen and oxygen atoms in total. The normalized spacial score (nSPS) is 21.0. The molecule has 1 aromatic carbocycles. The lowest BCUT2D eigenvalue weighted by molar-refractivity contribution is 0.0913. The summed E-state index contributed by atoms with van der Waals surface area (Å²) < 4.78 is 0. The molecule has 2 N–H and O–H groups in total. The highest BCUT2D eigenvalue weighted by atomic mass is 16.1. The van der Waals surface area contributed by atoms with E-state index in [1.165, 1.54) is 0 Å². The SMILES string of the molecule is Cc1nc(-c2ccccc2)ccc1C(=O)NC1CCNCC1C. The summed E-state index contributed by atoms with van der Waals surface area (Å²) in [6.45, 7) is 5.97. The molecule has 0 spiro atoms. The van der Waals surface area contributed by atoms with Gasteiger partial charge >= 0.3 is 0 Å². The van der Waals surface area contributed by atoms with Crippen LogP contribution >= 0.6 is 0 Å². The molecule has 0 aliphatic carbocycles. The third-order valence-electron chi connectivity index (χ3n) is 4.50. The minimum absolute atomic E-state index is 0.0200. The second-order valence-electron chi connectivity index (χ2n) is 6.25. The molecule has 1 aliphatic rings. The van der Waals surface area contributed by atoms with Crippen LogP contribution in [0.4, 0.5) is 0 Å². The van der Waals surface area contributed by atoms with Gasteiger partial charge in [0, 0.05) is 11.6 Å². The Balaban J connectivity index is 1.76. The molecule has 1 fully saturated rings. The number of nitrogens with zero attached hydrogens (tertiary/aromatic N) is 1. The van der Waals surface area contributed by atoms with E-state index in [0.717, 1.165) is 36.5 Å². The summed E-state index contributed by atoms with van der Waals surface area (Å²) in [5.41, 5.74) is 3.39. The van der Waals surface area contributed by atoms with Gasteiger partial charge in [-0.05, 0) is 44.5 Å². The van der Waals surface area contributed by atoms with Crippen molar-refractivity contribution in [3.05, 3.63) is 53.7 Å². The number of piperidine rings is 1. The molecule has 1 aromatic heterocycles. The molecule has 0 radical (unpaired) electrons. The van der Waals surface area contributed by atoms with Crippen molar-refractivity contribution < 1.29 is 4.79 Å². The van der Waals surface area contributed by atoms with E-state index in [9.17, 15) is 4.79 Å². The molecule has 0 bridgehead atoms. The monoisotopic (exact) mass is 309 g/mol. The van der Waals surface area contributed by atoms with Gasteiger partial charge in [0.2, 0.25) is 0 Å². The summed E-state index contributed by atoms with van der Waals surface area (Å²) in [5.74, 6) is 0.429. The Labute approximate surface area is 137 Å². The molecule has 2 aromatic rings. The number of amides is 1. The number of aromatic nitrogens is 1. The van der Waals surface area contributed by atoms with E-state index in [1.807, 2.05) is 49.4 Å². The standard InChI is InChI=1S/C19H23N3O/c1-13-12-20-11-10-17(13)22-19(23)16-8-9-18(21-14(16)2)15-6-4-3-5-7-15/h3-9,13,17,20H,10-12H2,1-2H3,(H,22,23). The number of aryl methyl sites for hydroxylation is 1. The van der Waals surface area contributed by atoms with Crippen molar-refractivity contribution in [3.63, 3.8) is 0 Å². The van der Waals surface area contributed by atoms with Crippen molar-refractivity contribution in [1.82, 2.24) is 15.6 Å². The fourth-order valence-corrected chi connectivity index (χ4v) is 3.05. The van der Waals surface area contributed by atoms with Gasteiger partial charge in [-0.2, -0.15) is 0 Å². The highest BCUT2D eigenvalue weighted by Crippen LogP contribution is 2.19. The molecule has 1 amide bonds. The van der Waals surface area contributed by atoms with E-state index in [2.05, 4.69) is 22.5 Å². The molecule has 23 heavy (non-hydrogen) atoms. The molecule has 1 saturated heterocycles. The largest absolute Gasteiger partial charge is 0.349 e. The first kappa shape index (κ1) is 15.7. The minimum Gasteiger partial charge on any atom is -0.349 e. The van der Waals surface area contributed by atoms with Crippen molar-refractivity contribution in [3.8, 4) is 11.3 Å². The van der Waals surface area contributed by atoms with Crippen molar-refractivity contribution in [2.45, 2.75) is 26.3 Å². The Hall–Kier alpha value is -2.20. The molecule has 2 heterocycles. The topological polar surface area (TPSA) is 54.0 Å². The summed E-state index contributed by atoms with van der Waals surface area (Å²) in [4.78, 5) is 17.2. The predicted molar refractivity (Wildman–Crippen MR) is 92.3 cm³/mol. The molecule has 2 atom stereocenters. The molecule has 2 unspecified atom stereocenters. The fraction of sp³-hybridized carbons (Fsp3) is 0.368. The van der Waals surface area contributed by atoms with Gasteiger partial charge < -0.3 is 10.6 Å². The number of nitrogens with one attached hydrogen (secondary N) is 2. The zero-order chi connectivity index (χ0) is 16.2. The van der Waals surface area contributed by atoms with Crippen LogP contribution in [0, 0.1) is 12.8 Å². The lowest BCUT2D eigenvalue weighted by Crippen LogP contribution is -2.48. The van der Waals surface area contributed by atoms with Gasteiger partial charge in [0.1, 0.15) is 0 Å². The summed E-state index contributed by atoms with van der Waals surface area (Å²) >= 11 is 0. The molecular weight excluding hydrogens is 286 g/mol. The number of pyridine rings is 1. The second-order valence-corrected chi connectivity index (χ2v) is 6.25. The predicted octanol–water partition coefficient (Wildman–Crippen LogP) is 2.78. The van der Waals surface area contributed by atoms with E-state index >= 15 is 0 Å². The van der Waals surface area contributed by atoms with E-state index < -0.39 is 0 Å². The number of hydrogen-bond donors (Lipinski definition) is 2. The van der Waals surface area contributed by atoms with Crippen LogP contribution in [-0.2, 0) is 0 Å². The van der Waals surface area contributed by atoms with E-state index in [4.69, 9.17) is 0 Å². The summed E-state index contributed by atoms with van der Waals surface area (Å²) in [6.07, 6.45) is 0.974. The number of hydrogen-bond acceptors (Lipinski definition) is 3. The van der Waals surface area contributed by atoms with Crippen LogP contribution in [0.5, 0.6) is 0 Å². The number of carbonyl (C=O) groups is 1. The van der Waals surface area contributed by atoms with Crippen LogP contribution in [0.2, 0.25) is 0 Å². The quantitative estimate of drug-likeness (QED) is 0.916. The third-order valence-corrected chi connectivity index (χ3v) is 4.50. The van der Waals surface area contributed by atoms with E-state index in [0.29, 0.717) is 11.5 Å². The van der Waals surface area contributed by atoms with Crippen LogP contribution in [0.3, 0.4) is 0 Å². The van der Waals surface area contributed by atoms with Crippen molar-refractivity contribution in [2.24, 2.45) is 5.92 Å². The Morgan fingerprint density at radius 1 is 1.22 bits per heavy atom. The zero-order valence-electron chi connectivity index (χ0n) is 13.7. The first-order valence-corrected chi connectivity index (χ1v) is 8.20. The molecule has 120 valence electrons. The van der Waals surface area contributed by atoms with Gasteiger partial charge in [-0.1, -0.05) is 37.3 Å². The van der Waals surface area contributed by atoms with Crippen molar-refractivity contribution >= 4 is 5.91 Å². The zero-order valence-corrected chi connectivity index (χ0v) is 13.7. The Bertz CT molecular complexity index is 684. The number of carbonyl (C=O) groups excluding carboxylic acids is 1. The van der Waals surface area contributed by atoms with Crippen LogP contribution in [-0.4, -0.2) is 30.0 Å². The highest BCUT2D eigenvalue weighted by molar-refractivity contribution is 5.95. The van der Waals surface area contributed by atoms with Gasteiger partial charge in [-0.3, -0.25) is 9.78 Å². The summed E-state index contributed by atoms with van der Waals surface area (Å²) in [7, 11) is 0. The fourth-order valence-electron chi connectivity index (χ4n) is 3.05. The maximum atomic E-state index is 12.6. The number of benzene rings is 1. The van der Waals surface area contributed by atoms with Crippen LogP contribution < -0.4 is 10.6 Å². The minimum atomic E-state index is -0.0200. The Morgan fingerprint density at radius 2 is 2.00 bits per heavy atom. The maximum Gasteiger partial charge on any atom is 0.253 e. The lowest BCUT2D eigenvalue weighted by atomic mass is 9.95. The molecule has 3 rings (SSSR count). The molecule has 1 aliphatic heterocycles. The lowest BCUT2D eigenvalue weighted by Gasteiger charge is -2.30. The van der Waals surface area contributed by atoms with Gasteiger partial charge in [0.25, 0.3) is 5.91 Å². The highest BCUT2D eigenvalue weighted by Gasteiger charge is 2.23. The maximum absolute atomic E-state index is 12.6. The van der Waals surface area contributed by atoms with Gasteiger partial charge in [0.05, 0.1) is 17.0 Å². The van der Waals surface area contributed by atoms with E-state index in [1.54, 1.807) is 0 Å². The smallest absolute Gasteiger partial charge is 0.253 e. The summed E-state index contributed by atoms with van der Waals surface area (Å²) in [6, 6.07) is 14.1. The van der Waals surface area contributed by atoms with Crippen LogP contribution in [0.25, 0.3) is 11.3 Å². The average molecular weight is 309 g/mol. The van der Waals surface area contributed by atoms with Crippen molar-refractivity contribution in [2.75, 3.05) is 13.1 Å². The number of rotatable bonds is 3. The Morgan fingerprint density at radius 3 is 2.70 bits per heavy atom.